The molecule has 3 rings (SSSR count). The SMILES string of the molecule is Cc1ccc(OCCn2c(C#N)cc(N)c2Cc2cccc(C)c2)cc1. The number of rotatable bonds is 6. The van der Waals surface area contributed by atoms with Gasteiger partial charge in [0.15, 0.2) is 0 Å². The Morgan fingerprint density at radius 1 is 1.04 bits per heavy atom. The highest BCUT2D eigenvalue weighted by molar-refractivity contribution is 5.52. The summed E-state index contributed by atoms with van der Waals surface area (Å²) in [5, 5.41) is 9.45. The zero-order valence-electron chi connectivity index (χ0n) is 15.2. The molecule has 4 nitrogen and oxygen atoms in total. The Kier molecular flexibility index (Phi) is 5.28. The third kappa shape index (κ3) is 4.07. The summed E-state index contributed by atoms with van der Waals surface area (Å²) in [6.07, 6.45) is 0.694. The van der Waals surface area contributed by atoms with E-state index in [-0.39, 0.29) is 0 Å². The van der Waals surface area contributed by atoms with Crippen molar-refractivity contribution >= 4 is 5.69 Å². The molecular weight excluding hydrogens is 322 g/mol. The van der Waals surface area contributed by atoms with Gasteiger partial charge in [-0.2, -0.15) is 5.26 Å². The highest BCUT2D eigenvalue weighted by Gasteiger charge is 2.14. The number of hydrogen-bond donors (Lipinski definition) is 1. The number of aromatic nitrogens is 1. The number of nitrogen functional groups attached to an aromatic ring is 1. The third-order valence-electron chi connectivity index (χ3n) is 4.42. The minimum Gasteiger partial charge on any atom is -0.492 e. The number of ether oxygens (including phenoxy) is 1. The van der Waals surface area contributed by atoms with E-state index >= 15 is 0 Å². The molecule has 1 heterocycles. The zero-order chi connectivity index (χ0) is 18.5. The maximum absolute atomic E-state index is 9.45. The molecule has 0 aliphatic rings. The summed E-state index contributed by atoms with van der Waals surface area (Å²) in [6, 6.07) is 20.3. The van der Waals surface area contributed by atoms with Crippen molar-refractivity contribution in [2.45, 2.75) is 26.8 Å². The number of nitrogens with zero attached hydrogens (tertiary/aromatic N) is 2. The van der Waals surface area contributed by atoms with Crippen LogP contribution in [0.5, 0.6) is 5.75 Å². The number of anilines is 1. The van der Waals surface area contributed by atoms with Crippen molar-refractivity contribution in [1.82, 2.24) is 4.57 Å². The van der Waals surface area contributed by atoms with E-state index in [4.69, 9.17) is 10.5 Å². The molecule has 132 valence electrons. The Balaban J connectivity index is 1.77. The Hall–Kier alpha value is -3.19. The monoisotopic (exact) mass is 345 g/mol. The van der Waals surface area contributed by atoms with Gasteiger partial charge in [0.25, 0.3) is 0 Å². The third-order valence-corrected chi connectivity index (χ3v) is 4.42. The normalized spacial score (nSPS) is 10.5. The fraction of sp³-hybridized carbons (Fsp3) is 0.227. The Morgan fingerprint density at radius 3 is 2.50 bits per heavy atom. The van der Waals surface area contributed by atoms with Gasteiger partial charge in [0.1, 0.15) is 24.1 Å². The Morgan fingerprint density at radius 2 is 1.81 bits per heavy atom. The first-order valence-electron chi connectivity index (χ1n) is 8.70. The maximum Gasteiger partial charge on any atom is 0.122 e. The molecule has 0 radical (unpaired) electrons. The summed E-state index contributed by atoms with van der Waals surface area (Å²) >= 11 is 0. The van der Waals surface area contributed by atoms with Crippen molar-refractivity contribution < 1.29 is 4.74 Å². The van der Waals surface area contributed by atoms with E-state index in [1.807, 2.05) is 41.8 Å². The van der Waals surface area contributed by atoms with E-state index in [1.54, 1.807) is 6.07 Å². The number of nitrogens with two attached hydrogens (primary N) is 1. The maximum atomic E-state index is 9.45. The topological polar surface area (TPSA) is 64.0 Å². The number of aryl methyl sites for hydroxylation is 2. The van der Waals surface area contributed by atoms with E-state index in [0.29, 0.717) is 31.0 Å². The lowest BCUT2D eigenvalue weighted by molar-refractivity contribution is 0.296. The predicted molar refractivity (Wildman–Crippen MR) is 104 cm³/mol. The van der Waals surface area contributed by atoms with Crippen LogP contribution in [0.3, 0.4) is 0 Å². The lowest BCUT2D eigenvalue weighted by Crippen LogP contribution is -2.13. The molecule has 1 aromatic heterocycles. The highest BCUT2D eigenvalue weighted by Crippen LogP contribution is 2.22. The van der Waals surface area contributed by atoms with Crippen molar-refractivity contribution in [3.8, 4) is 11.8 Å². The molecule has 4 heteroatoms. The van der Waals surface area contributed by atoms with Gasteiger partial charge in [0.2, 0.25) is 0 Å². The second-order valence-corrected chi connectivity index (χ2v) is 6.52. The Labute approximate surface area is 154 Å². The lowest BCUT2D eigenvalue weighted by atomic mass is 10.1. The van der Waals surface area contributed by atoms with Gasteiger partial charge in [-0.05, 0) is 37.6 Å². The number of nitriles is 1. The van der Waals surface area contributed by atoms with Gasteiger partial charge in [0, 0.05) is 12.1 Å². The first-order valence-corrected chi connectivity index (χ1v) is 8.70. The summed E-state index contributed by atoms with van der Waals surface area (Å²) in [7, 11) is 0. The van der Waals surface area contributed by atoms with Crippen LogP contribution < -0.4 is 10.5 Å². The molecule has 0 amide bonds. The molecule has 0 atom stereocenters. The van der Waals surface area contributed by atoms with E-state index in [9.17, 15) is 5.26 Å². The summed E-state index contributed by atoms with van der Waals surface area (Å²) in [4.78, 5) is 0. The second kappa shape index (κ2) is 7.79. The smallest absolute Gasteiger partial charge is 0.122 e. The lowest BCUT2D eigenvalue weighted by Gasteiger charge is -2.13. The molecular formula is C22H23N3O. The molecule has 0 spiro atoms. The summed E-state index contributed by atoms with van der Waals surface area (Å²) < 4.78 is 7.79. The van der Waals surface area contributed by atoms with Crippen LogP contribution in [0.15, 0.2) is 54.6 Å². The second-order valence-electron chi connectivity index (χ2n) is 6.52. The number of benzene rings is 2. The van der Waals surface area contributed by atoms with Gasteiger partial charge in [-0.15, -0.1) is 0 Å². The fourth-order valence-electron chi connectivity index (χ4n) is 3.06. The summed E-state index contributed by atoms with van der Waals surface area (Å²) in [5.41, 5.74) is 12.0. The minimum atomic E-state index is 0.479. The first-order chi connectivity index (χ1) is 12.6. The molecule has 0 fully saturated rings. The predicted octanol–water partition coefficient (Wildman–Crippen LogP) is 4.23. The average molecular weight is 345 g/mol. The van der Waals surface area contributed by atoms with Gasteiger partial charge in [0.05, 0.1) is 12.2 Å². The van der Waals surface area contributed by atoms with Crippen LogP contribution in [0.2, 0.25) is 0 Å². The molecule has 26 heavy (non-hydrogen) atoms. The van der Waals surface area contributed by atoms with Crippen LogP contribution in [0.25, 0.3) is 0 Å². The van der Waals surface area contributed by atoms with Crippen LogP contribution in [0.4, 0.5) is 5.69 Å². The van der Waals surface area contributed by atoms with Gasteiger partial charge >= 0.3 is 0 Å². The largest absolute Gasteiger partial charge is 0.492 e. The zero-order valence-corrected chi connectivity index (χ0v) is 15.2. The minimum absolute atomic E-state index is 0.479. The highest BCUT2D eigenvalue weighted by atomic mass is 16.5. The average Bonchev–Trinajstić information content (AvgIpc) is 2.92. The van der Waals surface area contributed by atoms with Crippen molar-refractivity contribution in [2.24, 2.45) is 0 Å². The van der Waals surface area contributed by atoms with Crippen LogP contribution in [-0.4, -0.2) is 11.2 Å². The van der Waals surface area contributed by atoms with Crippen LogP contribution in [0, 0.1) is 25.2 Å². The van der Waals surface area contributed by atoms with E-state index in [2.05, 4.69) is 31.2 Å². The van der Waals surface area contributed by atoms with Gasteiger partial charge in [-0.3, -0.25) is 0 Å². The van der Waals surface area contributed by atoms with Crippen LogP contribution >= 0.6 is 0 Å². The molecule has 0 saturated heterocycles. The molecule has 2 aromatic carbocycles. The van der Waals surface area contributed by atoms with Crippen molar-refractivity contribution in [2.75, 3.05) is 12.3 Å². The van der Waals surface area contributed by atoms with E-state index in [0.717, 1.165) is 11.4 Å². The van der Waals surface area contributed by atoms with Crippen molar-refractivity contribution in [3.05, 3.63) is 82.7 Å². The molecule has 0 bridgehead atoms. The van der Waals surface area contributed by atoms with E-state index in [1.165, 1.54) is 16.7 Å². The van der Waals surface area contributed by atoms with Gasteiger partial charge in [-0.25, -0.2) is 0 Å². The fourth-order valence-corrected chi connectivity index (χ4v) is 3.06. The molecule has 3 aromatic rings. The quantitative estimate of drug-likeness (QED) is 0.727. The molecule has 0 aliphatic heterocycles. The van der Waals surface area contributed by atoms with Gasteiger partial charge in [-0.1, -0.05) is 47.5 Å². The standard InChI is InChI=1S/C22H23N3O/c1-16-6-8-20(9-7-16)26-11-10-25-19(15-23)14-21(24)22(25)13-18-5-3-4-17(2)12-18/h3-9,12,14H,10-11,13,24H2,1-2H3. The molecule has 0 saturated carbocycles. The van der Waals surface area contributed by atoms with Gasteiger partial charge < -0.3 is 15.0 Å². The molecule has 0 unspecified atom stereocenters. The molecule has 2 N–H and O–H groups in total. The molecule has 0 aliphatic carbocycles. The van der Waals surface area contributed by atoms with Crippen molar-refractivity contribution in [1.29, 1.82) is 5.26 Å². The number of hydrogen-bond acceptors (Lipinski definition) is 3. The van der Waals surface area contributed by atoms with E-state index < -0.39 is 0 Å². The van der Waals surface area contributed by atoms with Crippen LogP contribution in [0.1, 0.15) is 28.1 Å². The first kappa shape index (κ1) is 17.6. The summed E-state index contributed by atoms with van der Waals surface area (Å²) in [5.74, 6) is 0.828. The van der Waals surface area contributed by atoms with Crippen molar-refractivity contribution in [3.63, 3.8) is 0 Å². The summed E-state index contributed by atoms with van der Waals surface area (Å²) in [6.45, 7) is 5.17. The Bertz CT molecular complexity index is 933. The van der Waals surface area contributed by atoms with Crippen LogP contribution in [-0.2, 0) is 13.0 Å².